The van der Waals surface area contributed by atoms with E-state index in [4.69, 9.17) is 9.47 Å². The highest BCUT2D eigenvalue weighted by molar-refractivity contribution is 5.80. The summed E-state index contributed by atoms with van der Waals surface area (Å²) >= 11 is 0. The average Bonchev–Trinajstić information content (AvgIpc) is 2.35. The normalized spacial score (nSPS) is 26.4. The summed E-state index contributed by atoms with van der Waals surface area (Å²) in [6.45, 7) is 5.91. The maximum atomic E-state index is 11.8. The van der Waals surface area contributed by atoms with Crippen molar-refractivity contribution in [1.29, 1.82) is 0 Å². The predicted octanol–water partition coefficient (Wildman–Crippen LogP) is 0.296. The highest BCUT2D eigenvalue weighted by atomic mass is 16.5. The fourth-order valence-corrected chi connectivity index (χ4v) is 2.15. The van der Waals surface area contributed by atoms with Gasteiger partial charge in [0, 0.05) is 32.2 Å². The summed E-state index contributed by atoms with van der Waals surface area (Å²) in [5, 5.41) is 6.11. The Kier molecular flexibility index (Phi) is 5.41. The smallest absolute Gasteiger partial charge is 0.248 e. The van der Waals surface area contributed by atoms with Crippen LogP contribution in [0.2, 0.25) is 0 Å². The van der Waals surface area contributed by atoms with Gasteiger partial charge in [-0.3, -0.25) is 4.79 Å². The van der Waals surface area contributed by atoms with Gasteiger partial charge in [-0.15, -0.1) is 0 Å². The Labute approximate surface area is 109 Å². The molecule has 2 N–H and O–H groups in total. The minimum atomic E-state index is -0.386. The van der Waals surface area contributed by atoms with Crippen LogP contribution in [0, 0.1) is 5.92 Å². The van der Waals surface area contributed by atoms with Crippen molar-refractivity contribution in [3.63, 3.8) is 0 Å². The highest BCUT2D eigenvalue weighted by Gasteiger charge is 2.21. The van der Waals surface area contributed by atoms with Gasteiger partial charge < -0.3 is 20.1 Å². The lowest BCUT2D eigenvalue weighted by molar-refractivity contribution is -0.135. The van der Waals surface area contributed by atoms with E-state index in [0.29, 0.717) is 12.5 Å². The summed E-state index contributed by atoms with van der Waals surface area (Å²) in [4.78, 5) is 11.8. The first-order valence-electron chi connectivity index (χ1n) is 6.97. The van der Waals surface area contributed by atoms with Crippen LogP contribution in [0.4, 0.5) is 0 Å². The lowest BCUT2D eigenvalue weighted by Gasteiger charge is -2.28. The third kappa shape index (κ3) is 4.23. The fourth-order valence-electron chi connectivity index (χ4n) is 2.15. The van der Waals surface area contributed by atoms with Crippen molar-refractivity contribution in [2.24, 2.45) is 5.92 Å². The zero-order valence-corrected chi connectivity index (χ0v) is 11.1. The van der Waals surface area contributed by atoms with Crippen molar-refractivity contribution >= 4 is 5.91 Å². The zero-order chi connectivity index (χ0) is 12.8. The van der Waals surface area contributed by atoms with E-state index in [1.54, 1.807) is 6.92 Å². The number of amides is 1. The van der Waals surface area contributed by atoms with Crippen LogP contribution in [0.25, 0.3) is 0 Å². The van der Waals surface area contributed by atoms with E-state index in [1.165, 1.54) is 6.42 Å². The Morgan fingerprint density at radius 1 is 1.50 bits per heavy atom. The van der Waals surface area contributed by atoms with Crippen LogP contribution >= 0.6 is 0 Å². The Balaban J connectivity index is 1.57. The van der Waals surface area contributed by atoms with Gasteiger partial charge in [0.25, 0.3) is 0 Å². The number of nitrogens with one attached hydrogen (secondary N) is 2. The summed E-state index contributed by atoms with van der Waals surface area (Å²) in [5.74, 6) is 0.570. The van der Waals surface area contributed by atoms with Gasteiger partial charge in [0.15, 0.2) is 0 Å². The van der Waals surface area contributed by atoms with Crippen LogP contribution in [0.3, 0.4) is 0 Å². The molecular formula is C13H24N2O3. The third-order valence-corrected chi connectivity index (χ3v) is 3.61. The molecule has 0 aromatic heterocycles. The molecule has 18 heavy (non-hydrogen) atoms. The number of hydrogen-bond acceptors (Lipinski definition) is 4. The van der Waals surface area contributed by atoms with Gasteiger partial charge in [0.1, 0.15) is 6.10 Å². The van der Waals surface area contributed by atoms with Crippen molar-refractivity contribution in [2.75, 3.05) is 32.8 Å². The second kappa shape index (κ2) is 7.07. The van der Waals surface area contributed by atoms with E-state index in [1.807, 2.05) is 0 Å². The summed E-state index contributed by atoms with van der Waals surface area (Å²) in [7, 11) is 0. The lowest BCUT2D eigenvalue weighted by Crippen LogP contribution is -2.49. The monoisotopic (exact) mass is 256 g/mol. The van der Waals surface area contributed by atoms with Crippen LogP contribution in [0.15, 0.2) is 0 Å². The van der Waals surface area contributed by atoms with Gasteiger partial charge in [-0.2, -0.15) is 0 Å². The second-order valence-electron chi connectivity index (χ2n) is 5.23. The lowest BCUT2D eigenvalue weighted by atomic mass is 10.0. The van der Waals surface area contributed by atoms with Crippen molar-refractivity contribution < 1.29 is 14.3 Å². The molecule has 2 unspecified atom stereocenters. The largest absolute Gasteiger partial charge is 0.376 e. The maximum Gasteiger partial charge on any atom is 0.248 e. The Hall–Kier alpha value is -0.650. The molecule has 0 saturated carbocycles. The number of ether oxygens (including phenoxy) is 2. The molecular weight excluding hydrogens is 232 g/mol. The van der Waals surface area contributed by atoms with E-state index < -0.39 is 0 Å². The van der Waals surface area contributed by atoms with Gasteiger partial charge in [-0.25, -0.2) is 0 Å². The predicted molar refractivity (Wildman–Crippen MR) is 68.4 cm³/mol. The summed E-state index contributed by atoms with van der Waals surface area (Å²) in [5.41, 5.74) is 0. The number of carbonyl (C=O) groups excluding carboxylic acids is 1. The van der Waals surface area contributed by atoms with Crippen molar-refractivity contribution in [2.45, 2.75) is 38.4 Å². The molecule has 2 atom stereocenters. The molecule has 2 heterocycles. The van der Waals surface area contributed by atoms with Crippen molar-refractivity contribution in [3.05, 3.63) is 0 Å². The van der Waals surface area contributed by atoms with E-state index >= 15 is 0 Å². The second-order valence-corrected chi connectivity index (χ2v) is 5.23. The SMILES string of the molecule is CC(OCC1CCCCO1)C(=O)NCC1CNC1. The quantitative estimate of drug-likeness (QED) is 0.717. The molecule has 2 saturated heterocycles. The van der Waals surface area contributed by atoms with Gasteiger partial charge >= 0.3 is 0 Å². The molecule has 2 rings (SSSR count). The van der Waals surface area contributed by atoms with Crippen molar-refractivity contribution in [3.8, 4) is 0 Å². The van der Waals surface area contributed by atoms with Crippen LogP contribution in [0.1, 0.15) is 26.2 Å². The molecule has 0 radical (unpaired) electrons. The molecule has 104 valence electrons. The van der Waals surface area contributed by atoms with Crippen LogP contribution in [-0.4, -0.2) is 51.0 Å². The van der Waals surface area contributed by atoms with Gasteiger partial charge in [0.05, 0.1) is 12.7 Å². The van der Waals surface area contributed by atoms with Crippen LogP contribution in [0.5, 0.6) is 0 Å². The molecule has 2 aliphatic heterocycles. The molecule has 5 nitrogen and oxygen atoms in total. The van der Waals surface area contributed by atoms with Crippen LogP contribution in [-0.2, 0) is 14.3 Å². The average molecular weight is 256 g/mol. The molecule has 2 aliphatic rings. The highest BCUT2D eigenvalue weighted by Crippen LogP contribution is 2.13. The number of rotatable bonds is 6. The standard InChI is InChI=1S/C13H24N2O3/c1-10(13(16)15-8-11-6-14-7-11)18-9-12-4-2-3-5-17-12/h10-12,14H,2-9H2,1H3,(H,15,16). The molecule has 0 aromatic rings. The molecule has 5 heteroatoms. The summed E-state index contributed by atoms with van der Waals surface area (Å²) in [6.07, 6.45) is 3.17. The van der Waals surface area contributed by atoms with E-state index in [9.17, 15) is 4.79 Å². The fraction of sp³-hybridized carbons (Fsp3) is 0.923. The molecule has 0 bridgehead atoms. The van der Waals surface area contributed by atoms with Gasteiger partial charge in [-0.05, 0) is 26.2 Å². The number of carbonyl (C=O) groups is 1. The Bertz CT molecular complexity index is 263. The first-order chi connectivity index (χ1) is 8.75. The first kappa shape index (κ1) is 13.8. The Morgan fingerprint density at radius 2 is 2.33 bits per heavy atom. The minimum absolute atomic E-state index is 0.0160. The molecule has 0 aromatic carbocycles. The van der Waals surface area contributed by atoms with E-state index in [-0.39, 0.29) is 18.1 Å². The molecule has 0 spiro atoms. The van der Waals surface area contributed by atoms with E-state index in [2.05, 4.69) is 10.6 Å². The van der Waals surface area contributed by atoms with Gasteiger partial charge in [-0.1, -0.05) is 0 Å². The first-order valence-corrected chi connectivity index (χ1v) is 6.97. The third-order valence-electron chi connectivity index (χ3n) is 3.61. The number of hydrogen-bond donors (Lipinski definition) is 2. The minimum Gasteiger partial charge on any atom is -0.376 e. The molecule has 2 fully saturated rings. The van der Waals surface area contributed by atoms with Crippen LogP contribution < -0.4 is 10.6 Å². The topological polar surface area (TPSA) is 59.6 Å². The molecule has 1 amide bonds. The molecule has 0 aliphatic carbocycles. The van der Waals surface area contributed by atoms with E-state index in [0.717, 1.165) is 39.1 Å². The zero-order valence-electron chi connectivity index (χ0n) is 11.1. The van der Waals surface area contributed by atoms with Gasteiger partial charge in [0.2, 0.25) is 5.91 Å². The Morgan fingerprint density at radius 3 is 2.94 bits per heavy atom. The maximum absolute atomic E-state index is 11.8. The summed E-state index contributed by atoms with van der Waals surface area (Å²) < 4.78 is 11.1. The van der Waals surface area contributed by atoms with Crippen molar-refractivity contribution in [1.82, 2.24) is 10.6 Å². The summed E-state index contributed by atoms with van der Waals surface area (Å²) in [6, 6.07) is 0.